The first-order valence-electron chi connectivity index (χ1n) is 16.8. The van der Waals surface area contributed by atoms with Crippen molar-refractivity contribution in [3.8, 4) is 22.8 Å². The van der Waals surface area contributed by atoms with Crippen molar-refractivity contribution in [3.63, 3.8) is 0 Å². The van der Waals surface area contributed by atoms with Gasteiger partial charge >= 0.3 is 0 Å². The van der Waals surface area contributed by atoms with Gasteiger partial charge in [0.25, 0.3) is 5.91 Å². The SMILES string of the molecule is [C-]#[N+]/C(=C\C(C)(C)N1CCN(C2COC2)CC1)C(=O)N1CCC[C@@H](n2nc(-c3ccc(Oc4ccccc4)cc3F)c3c(N)nccc32)C1. The van der Waals surface area contributed by atoms with Crippen LogP contribution >= 0.6 is 0 Å². The van der Waals surface area contributed by atoms with Crippen LogP contribution in [0.4, 0.5) is 10.2 Å². The second-order valence-electron chi connectivity index (χ2n) is 13.5. The number of para-hydroxylation sites is 1. The molecule has 0 saturated carbocycles. The molecule has 0 bridgehead atoms. The number of pyridine rings is 1. The van der Waals surface area contributed by atoms with E-state index in [1.54, 1.807) is 35.4 Å². The molecule has 2 aromatic heterocycles. The van der Waals surface area contributed by atoms with Gasteiger partial charge in [-0.25, -0.2) is 14.2 Å². The molecule has 0 radical (unpaired) electrons. The van der Waals surface area contributed by atoms with Crippen LogP contribution in [0.15, 0.2) is 72.6 Å². The van der Waals surface area contributed by atoms with Gasteiger partial charge in [-0.3, -0.25) is 19.3 Å². The van der Waals surface area contributed by atoms with Crippen molar-refractivity contribution in [2.75, 3.05) is 58.2 Å². The fraction of sp³-hybridized carbons (Fsp3) is 0.405. The third-order valence-corrected chi connectivity index (χ3v) is 9.95. The van der Waals surface area contributed by atoms with Gasteiger partial charge in [0.05, 0.1) is 42.8 Å². The van der Waals surface area contributed by atoms with Gasteiger partial charge in [0.2, 0.25) is 5.70 Å². The summed E-state index contributed by atoms with van der Waals surface area (Å²) in [7, 11) is 0. The average molecular weight is 665 g/mol. The molecule has 3 saturated heterocycles. The molecule has 4 aromatic rings. The van der Waals surface area contributed by atoms with Crippen molar-refractivity contribution >= 4 is 22.6 Å². The van der Waals surface area contributed by atoms with Crippen LogP contribution in [0.25, 0.3) is 27.0 Å². The Morgan fingerprint density at radius 2 is 1.84 bits per heavy atom. The van der Waals surface area contributed by atoms with Gasteiger partial charge in [-0.05, 0) is 57.0 Å². The Labute approximate surface area is 285 Å². The number of piperidine rings is 1. The highest BCUT2D eigenvalue weighted by atomic mass is 19.1. The summed E-state index contributed by atoms with van der Waals surface area (Å²) < 4.78 is 28.7. The number of halogens is 1. The Morgan fingerprint density at radius 1 is 1.06 bits per heavy atom. The number of aromatic nitrogens is 3. The predicted molar refractivity (Wildman–Crippen MR) is 185 cm³/mol. The highest BCUT2D eigenvalue weighted by Gasteiger charge is 2.35. The molecule has 11 nitrogen and oxygen atoms in total. The molecule has 3 aliphatic heterocycles. The van der Waals surface area contributed by atoms with Crippen LogP contribution < -0.4 is 10.5 Å². The molecule has 7 rings (SSSR count). The zero-order chi connectivity index (χ0) is 34.1. The van der Waals surface area contributed by atoms with E-state index in [-0.39, 0.29) is 29.0 Å². The van der Waals surface area contributed by atoms with Crippen molar-refractivity contribution < 1.29 is 18.7 Å². The van der Waals surface area contributed by atoms with Crippen LogP contribution in [0.2, 0.25) is 0 Å². The third-order valence-electron chi connectivity index (χ3n) is 9.95. The summed E-state index contributed by atoms with van der Waals surface area (Å²) in [6, 6.07) is 16.0. The van der Waals surface area contributed by atoms with Gasteiger partial charge < -0.3 is 20.1 Å². The van der Waals surface area contributed by atoms with Gasteiger partial charge in [-0.15, -0.1) is 0 Å². The Bertz CT molecular complexity index is 1910. The number of fused-ring (bicyclic) bond motifs is 1. The van der Waals surface area contributed by atoms with E-state index >= 15 is 4.39 Å². The Balaban J connectivity index is 1.11. The van der Waals surface area contributed by atoms with Crippen LogP contribution in [-0.4, -0.2) is 99.4 Å². The Hall–Kier alpha value is -4.83. The summed E-state index contributed by atoms with van der Waals surface area (Å²) in [5, 5.41) is 5.46. The summed E-state index contributed by atoms with van der Waals surface area (Å²) >= 11 is 0. The minimum atomic E-state index is -0.503. The predicted octanol–water partition coefficient (Wildman–Crippen LogP) is 5.37. The van der Waals surface area contributed by atoms with Gasteiger partial charge in [-0.2, -0.15) is 5.10 Å². The second kappa shape index (κ2) is 13.6. The number of ether oxygens (including phenoxy) is 2. The number of carbonyl (C=O) groups is 1. The van der Waals surface area contributed by atoms with E-state index in [0.717, 1.165) is 52.2 Å². The quantitative estimate of drug-likeness (QED) is 0.198. The van der Waals surface area contributed by atoms with Gasteiger partial charge in [0, 0.05) is 62.6 Å². The molecule has 3 fully saturated rings. The van der Waals surface area contributed by atoms with Gasteiger partial charge in [0.15, 0.2) is 0 Å². The molecule has 12 heteroatoms. The Kier molecular flexibility index (Phi) is 9.07. The fourth-order valence-electron chi connectivity index (χ4n) is 7.12. The molecule has 2 aromatic carbocycles. The maximum Gasteiger partial charge on any atom is 0.252 e. The molecular formula is C37H41FN8O3. The summed E-state index contributed by atoms with van der Waals surface area (Å²) in [5.74, 6) is 0.426. The molecule has 0 spiro atoms. The smallest absolute Gasteiger partial charge is 0.252 e. The molecule has 1 atom stereocenters. The van der Waals surface area contributed by atoms with E-state index in [1.165, 1.54) is 6.07 Å². The largest absolute Gasteiger partial charge is 0.457 e. The standard InChI is InChI=1S/C37H41FN8O3/c1-37(2,45-18-16-43(17-19-45)26-23-48-24-26)21-31(40-3)36(47)44-15-7-8-25(22-44)46-32-13-14-41-35(39)33(32)34(42-46)29-12-11-28(20-30(29)38)49-27-9-5-4-6-10-27/h4-6,9-14,20-21,25-26H,7-8,15-19,22-24H2,1-2H3,(H2,39,41)/b31-21-/t25-/m1/s1. The third kappa shape index (κ3) is 6.62. The van der Waals surface area contributed by atoms with E-state index < -0.39 is 11.4 Å². The number of piperazine rings is 1. The number of hydrogen-bond acceptors (Lipinski definition) is 8. The van der Waals surface area contributed by atoms with Crippen molar-refractivity contribution in [2.24, 2.45) is 0 Å². The molecule has 254 valence electrons. The van der Waals surface area contributed by atoms with Crippen molar-refractivity contribution in [3.05, 3.63) is 89.8 Å². The second-order valence-corrected chi connectivity index (χ2v) is 13.5. The van der Waals surface area contributed by atoms with E-state index in [2.05, 4.69) is 33.5 Å². The number of hydrogen-bond donors (Lipinski definition) is 1. The number of benzene rings is 2. The number of nitrogens with zero attached hydrogens (tertiary/aromatic N) is 7. The maximum absolute atomic E-state index is 15.7. The molecule has 5 heterocycles. The average Bonchev–Trinajstić information content (AvgIpc) is 3.48. The topological polar surface area (TPSA) is 106 Å². The van der Waals surface area contributed by atoms with E-state index in [4.69, 9.17) is 26.9 Å². The lowest BCUT2D eigenvalue weighted by atomic mass is 9.98. The van der Waals surface area contributed by atoms with Crippen LogP contribution in [0.3, 0.4) is 0 Å². The van der Waals surface area contributed by atoms with Crippen molar-refractivity contribution in [1.29, 1.82) is 0 Å². The summed E-state index contributed by atoms with van der Waals surface area (Å²) in [5.41, 5.74) is 7.40. The Morgan fingerprint density at radius 3 is 2.53 bits per heavy atom. The number of amides is 1. The fourth-order valence-corrected chi connectivity index (χ4v) is 7.12. The molecule has 3 aliphatic rings. The summed E-state index contributed by atoms with van der Waals surface area (Å²) in [6.07, 6.45) is 4.93. The number of nitrogens with two attached hydrogens (primary N) is 1. The maximum atomic E-state index is 15.7. The number of anilines is 1. The van der Waals surface area contributed by atoms with Gasteiger partial charge in [0.1, 0.15) is 28.8 Å². The molecule has 49 heavy (non-hydrogen) atoms. The van der Waals surface area contributed by atoms with Crippen LogP contribution in [-0.2, 0) is 9.53 Å². The normalized spacial score (nSPS) is 19.8. The van der Waals surface area contributed by atoms with E-state index in [0.29, 0.717) is 47.2 Å². The molecule has 0 unspecified atom stereocenters. The number of nitrogen functional groups attached to an aromatic ring is 1. The first-order valence-corrected chi connectivity index (χ1v) is 16.8. The highest BCUT2D eigenvalue weighted by Crippen LogP contribution is 2.37. The first-order chi connectivity index (χ1) is 23.7. The van der Waals surface area contributed by atoms with Crippen LogP contribution in [0, 0.1) is 12.4 Å². The number of rotatable bonds is 8. The zero-order valence-corrected chi connectivity index (χ0v) is 27.9. The number of likely N-dealkylation sites (tertiary alicyclic amines) is 1. The molecule has 0 aliphatic carbocycles. The summed E-state index contributed by atoms with van der Waals surface area (Å²) in [6.45, 7) is 18.2. The van der Waals surface area contributed by atoms with Crippen molar-refractivity contribution in [1.82, 2.24) is 29.5 Å². The van der Waals surface area contributed by atoms with Crippen molar-refractivity contribution in [2.45, 2.75) is 44.3 Å². The highest BCUT2D eigenvalue weighted by molar-refractivity contribution is 6.00. The molecular weight excluding hydrogens is 623 g/mol. The zero-order valence-electron chi connectivity index (χ0n) is 27.9. The van der Waals surface area contributed by atoms with Crippen LogP contribution in [0.1, 0.15) is 32.7 Å². The molecule has 2 N–H and O–H groups in total. The molecule has 1 amide bonds. The lowest BCUT2D eigenvalue weighted by molar-refractivity contribution is -0.128. The lowest BCUT2D eigenvalue weighted by Gasteiger charge is -2.47. The minimum Gasteiger partial charge on any atom is -0.457 e. The van der Waals surface area contributed by atoms with Crippen LogP contribution in [0.5, 0.6) is 11.5 Å². The monoisotopic (exact) mass is 664 g/mol. The number of carbonyl (C=O) groups excluding carboxylic acids is 1. The van der Waals surface area contributed by atoms with E-state index in [1.807, 2.05) is 35.0 Å². The minimum absolute atomic E-state index is 0.125. The van der Waals surface area contributed by atoms with E-state index in [9.17, 15) is 4.79 Å². The first kappa shape index (κ1) is 32.7. The lowest BCUT2D eigenvalue weighted by Crippen LogP contribution is -2.59. The van der Waals surface area contributed by atoms with Gasteiger partial charge in [-0.1, -0.05) is 24.3 Å². The summed E-state index contributed by atoms with van der Waals surface area (Å²) in [4.78, 5) is 28.5.